The van der Waals surface area contributed by atoms with Crippen LogP contribution in [0.2, 0.25) is 5.02 Å². The van der Waals surface area contributed by atoms with Gasteiger partial charge in [-0.2, -0.15) is 0 Å². The lowest BCUT2D eigenvalue weighted by molar-refractivity contribution is -0.123. The van der Waals surface area contributed by atoms with E-state index in [9.17, 15) is 9.59 Å². The van der Waals surface area contributed by atoms with Crippen LogP contribution in [0.15, 0.2) is 48.2 Å². The van der Waals surface area contributed by atoms with Gasteiger partial charge in [0.05, 0.1) is 18.7 Å². The zero-order chi connectivity index (χ0) is 21.8. The van der Waals surface area contributed by atoms with Gasteiger partial charge in [0, 0.05) is 7.05 Å². The van der Waals surface area contributed by atoms with Crippen LogP contribution in [0, 0.1) is 0 Å². The summed E-state index contributed by atoms with van der Waals surface area (Å²) < 4.78 is 10.6. The molecule has 1 saturated heterocycles. The predicted octanol–water partition coefficient (Wildman–Crippen LogP) is 2.81. The first-order valence-electron chi connectivity index (χ1n) is 8.95. The Morgan fingerprint density at radius 3 is 2.60 bits per heavy atom. The van der Waals surface area contributed by atoms with Gasteiger partial charge in [-0.25, -0.2) is 0 Å². The first kappa shape index (κ1) is 21.6. The summed E-state index contributed by atoms with van der Waals surface area (Å²) in [4.78, 5) is 27.2. The van der Waals surface area contributed by atoms with Gasteiger partial charge in [0.25, 0.3) is 11.8 Å². The largest absolute Gasteiger partial charge is 0.493 e. The summed E-state index contributed by atoms with van der Waals surface area (Å²) in [6.45, 7) is 0.0462. The molecule has 0 radical (unpaired) electrons. The standard InChI is InChI=1S/C21H20ClN3O4S/c1-24-16(20(27)25(21(24)30)11-13-6-4-3-5-7-13)9-14-8-15(22)19(17(10-14)28-2)29-12-18(23)26/h3-10H,11-12H2,1-2H3,(H2,23,26)/b16-9+. The fourth-order valence-electron chi connectivity index (χ4n) is 2.98. The maximum Gasteiger partial charge on any atom is 0.277 e. The van der Waals surface area contributed by atoms with E-state index in [2.05, 4.69) is 0 Å². The summed E-state index contributed by atoms with van der Waals surface area (Å²) in [6.07, 6.45) is 1.67. The van der Waals surface area contributed by atoms with E-state index in [0.29, 0.717) is 28.7 Å². The van der Waals surface area contributed by atoms with Crippen molar-refractivity contribution in [3.05, 3.63) is 64.3 Å². The Balaban J connectivity index is 1.90. The number of primary amides is 1. The molecular weight excluding hydrogens is 426 g/mol. The Labute approximate surface area is 184 Å². The second-order valence-corrected chi connectivity index (χ2v) is 7.31. The number of ether oxygens (including phenoxy) is 2. The van der Waals surface area contributed by atoms with Crippen LogP contribution in [0.1, 0.15) is 11.1 Å². The van der Waals surface area contributed by atoms with Crippen molar-refractivity contribution in [1.29, 1.82) is 0 Å². The molecule has 1 fully saturated rings. The van der Waals surface area contributed by atoms with Crippen molar-refractivity contribution in [2.24, 2.45) is 5.73 Å². The van der Waals surface area contributed by atoms with E-state index >= 15 is 0 Å². The van der Waals surface area contributed by atoms with Gasteiger partial charge in [0.2, 0.25) is 0 Å². The van der Waals surface area contributed by atoms with Crippen LogP contribution in [0.5, 0.6) is 11.5 Å². The molecule has 0 bridgehead atoms. The molecule has 7 nitrogen and oxygen atoms in total. The van der Waals surface area contributed by atoms with Gasteiger partial charge in [-0.05, 0) is 41.6 Å². The van der Waals surface area contributed by atoms with Crippen LogP contribution < -0.4 is 15.2 Å². The fourth-order valence-corrected chi connectivity index (χ4v) is 3.50. The van der Waals surface area contributed by atoms with Crippen LogP contribution in [0.4, 0.5) is 0 Å². The van der Waals surface area contributed by atoms with E-state index in [1.54, 1.807) is 35.1 Å². The van der Waals surface area contributed by atoms with E-state index in [0.717, 1.165) is 5.56 Å². The van der Waals surface area contributed by atoms with E-state index in [1.807, 2.05) is 30.3 Å². The highest BCUT2D eigenvalue weighted by Crippen LogP contribution is 2.37. The number of carbonyl (C=O) groups excluding carboxylic acids is 2. The first-order chi connectivity index (χ1) is 14.3. The van der Waals surface area contributed by atoms with Crippen molar-refractivity contribution in [1.82, 2.24) is 9.80 Å². The highest BCUT2D eigenvalue weighted by molar-refractivity contribution is 7.80. The molecular formula is C21H20ClN3O4S. The fraction of sp³-hybridized carbons (Fsp3) is 0.190. The van der Waals surface area contributed by atoms with Gasteiger partial charge >= 0.3 is 0 Å². The second kappa shape index (κ2) is 9.15. The number of halogens is 1. The van der Waals surface area contributed by atoms with Gasteiger partial charge in [-0.3, -0.25) is 14.5 Å². The minimum atomic E-state index is -0.635. The Morgan fingerprint density at radius 2 is 1.97 bits per heavy atom. The van der Waals surface area contributed by atoms with Crippen molar-refractivity contribution >= 4 is 46.8 Å². The molecule has 2 amide bonds. The summed E-state index contributed by atoms with van der Waals surface area (Å²) in [6, 6.07) is 12.9. The lowest BCUT2D eigenvalue weighted by atomic mass is 10.1. The first-order valence-corrected chi connectivity index (χ1v) is 9.74. The molecule has 2 aromatic carbocycles. The lowest BCUT2D eigenvalue weighted by Gasteiger charge is -2.16. The summed E-state index contributed by atoms with van der Waals surface area (Å²) in [5.41, 5.74) is 7.11. The number of rotatable bonds is 7. The molecule has 156 valence electrons. The smallest absolute Gasteiger partial charge is 0.277 e. The zero-order valence-electron chi connectivity index (χ0n) is 16.4. The SMILES string of the molecule is COc1cc(/C=C2\C(=O)N(Cc3ccccc3)C(=S)N2C)cc(Cl)c1OCC(N)=O. The molecule has 9 heteroatoms. The average Bonchev–Trinajstić information content (AvgIpc) is 2.91. The quantitative estimate of drug-likeness (QED) is 0.521. The van der Waals surface area contributed by atoms with Gasteiger partial charge in [-0.1, -0.05) is 41.9 Å². The monoisotopic (exact) mass is 445 g/mol. The van der Waals surface area contributed by atoms with Crippen LogP contribution >= 0.6 is 23.8 Å². The number of methoxy groups -OCH3 is 1. The number of nitrogens with two attached hydrogens (primary N) is 1. The molecule has 30 heavy (non-hydrogen) atoms. The Hall–Kier alpha value is -3.10. The second-order valence-electron chi connectivity index (χ2n) is 6.54. The number of carbonyl (C=O) groups is 2. The maximum atomic E-state index is 13.0. The molecule has 0 unspecified atom stereocenters. The molecule has 3 rings (SSSR count). The van der Waals surface area contributed by atoms with Crippen molar-refractivity contribution in [2.45, 2.75) is 6.54 Å². The summed E-state index contributed by atoms with van der Waals surface area (Å²) in [7, 11) is 3.18. The number of nitrogens with zero attached hydrogens (tertiary/aromatic N) is 2. The maximum absolute atomic E-state index is 13.0. The Bertz CT molecular complexity index is 1030. The number of hydrogen-bond donors (Lipinski definition) is 1. The summed E-state index contributed by atoms with van der Waals surface area (Å²) in [5, 5.41) is 0.633. The van der Waals surface area contributed by atoms with E-state index in [1.165, 1.54) is 7.11 Å². The number of likely N-dealkylation sites (N-methyl/N-ethyl adjacent to an activating group) is 1. The van der Waals surface area contributed by atoms with Gasteiger partial charge < -0.3 is 20.1 Å². The molecule has 0 atom stereocenters. The normalized spacial score (nSPS) is 15.1. The van der Waals surface area contributed by atoms with Gasteiger partial charge in [-0.15, -0.1) is 0 Å². The molecule has 0 saturated carbocycles. The van der Waals surface area contributed by atoms with Crippen LogP contribution in [-0.4, -0.2) is 47.5 Å². The molecule has 1 aliphatic rings. The molecule has 1 heterocycles. The predicted molar refractivity (Wildman–Crippen MR) is 118 cm³/mol. The van der Waals surface area contributed by atoms with E-state index in [4.69, 9.17) is 39.0 Å². The topological polar surface area (TPSA) is 85.1 Å². The number of thiocarbonyl (C=S) groups is 1. The average molecular weight is 446 g/mol. The van der Waals surface area contributed by atoms with Crippen molar-refractivity contribution in [3.8, 4) is 11.5 Å². The third kappa shape index (κ3) is 4.55. The zero-order valence-corrected chi connectivity index (χ0v) is 18.0. The van der Waals surface area contributed by atoms with Crippen LogP contribution in [-0.2, 0) is 16.1 Å². The van der Waals surface area contributed by atoms with Crippen LogP contribution in [0.25, 0.3) is 6.08 Å². The van der Waals surface area contributed by atoms with E-state index < -0.39 is 5.91 Å². The molecule has 0 aromatic heterocycles. The molecule has 1 aliphatic heterocycles. The highest BCUT2D eigenvalue weighted by Gasteiger charge is 2.35. The molecule has 2 aromatic rings. The Kier molecular flexibility index (Phi) is 6.59. The highest BCUT2D eigenvalue weighted by atomic mass is 35.5. The van der Waals surface area contributed by atoms with E-state index in [-0.39, 0.29) is 23.3 Å². The van der Waals surface area contributed by atoms with Gasteiger partial charge in [0.15, 0.2) is 23.2 Å². The van der Waals surface area contributed by atoms with Crippen molar-refractivity contribution in [3.63, 3.8) is 0 Å². The summed E-state index contributed by atoms with van der Waals surface area (Å²) >= 11 is 11.8. The van der Waals surface area contributed by atoms with Gasteiger partial charge in [0.1, 0.15) is 5.70 Å². The minimum absolute atomic E-state index is 0.201. The number of amides is 2. The third-order valence-electron chi connectivity index (χ3n) is 4.44. The molecule has 2 N–H and O–H groups in total. The lowest BCUT2D eigenvalue weighted by Crippen LogP contribution is -2.30. The van der Waals surface area contributed by atoms with Crippen molar-refractivity contribution < 1.29 is 19.1 Å². The molecule has 0 spiro atoms. The number of benzene rings is 2. The summed E-state index contributed by atoms with van der Waals surface area (Å²) in [5.74, 6) is -0.333. The number of hydrogen-bond acceptors (Lipinski definition) is 5. The molecule has 0 aliphatic carbocycles. The minimum Gasteiger partial charge on any atom is -0.493 e. The van der Waals surface area contributed by atoms with Crippen molar-refractivity contribution in [2.75, 3.05) is 20.8 Å². The van der Waals surface area contributed by atoms with Crippen LogP contribution in [0.3, 0.4) is 0 Å². The Morgan fingerprint density at radius 1 is 1.27 bits per heavy atom. The third-order valence-corrected chi connectivity index (χ3v) is 5.22.